The summed E-state index contributed by atoms with van der Waals surface area (Å²) in [6.45, 7) is 1.89. The van der Waals surface area contributed by atoms with Crippen LogP contribution in [0.1, 0.15) is 66.9 Å². The average molecular weight is 1050 g/mol. The molecule has 380 valence electrons. The summed E-state index contributed by atoms with van der Waals surface area (Å²) >= 11 is 0.812. The van der Waals surface area contributed by atoms with E-state index in [2.05, 4.69) is 10.6 Å². The van der Waals surface area contributed by atoms with Crippen LogP contribution in [0.15, 0.2) is 83.1 Å². The lowest BCUT2D eigenvalue weighted by Crippen LogP contribution is -2.26. The summed E-state index contributed by atoms with van der Waals surface area (Å²) in [4.78, 5) is 82.1. The zero-order valence-corrected chi connectivity index (χ0v) is 40.5. The summed E-state index contributed by atoms with van der Waals surface area (Å²) in [5.41, 5.74) is 1.76. The molecule has 1 heterocycles. The average Bonchev–Trinajstić information content (AvgIpc) is 3.81. The van der Waals surface area contributed by atoms with Crippen LogP contribution in [-0.4, -0.2) is 102 Å². The first-order valence-corrected chi connectivity index (χ1v) is 25.5. The highest BCUT2D eigenvalue weighted by molar-refractivity contribution is 7.92. The topological polar surface area (TPSA) is 342 Å². The Balaban J connectivity index is 1.28. The maximum Gasteiger partial charge on any atom is 0.391 e. The van der Waals surface area contributed by atoms with Crippen LogP contribution in [0.4, 0.5) is 4.39 Å². The van der Waals surface area contributed by atoms with Crippen LogP contribution >= 0.6 is 18.9 Å². The van der Waals surface area contributed by atoms with Gasteiger partial charge in [-0.25, -0.2) is 17.4 Å². The van der Waals surface area contributed by atoms with Crippen molar-refractivity contribution in [2.24, 2.45) is 0 Å². The number of sulfonamides is 1. The standard InChI is InChI=1S/C47H46FN4O17PS2/c1-27-36(39-12-13-44(71-39)72(65,66)52-26-70(63,64)69-35-9-8-32(25-49)37(48)24-35)10-11-38(67-16-2-14-50-46(61)30-6-4-28(20-40(53)54)33(18-30)22-42(57)58)45(27)68-17-3-15-51-47(62)31-7-5-29(21-41(55)56)34(19-31)23-43(59)60/h4-13,18-19,24,52H,2-3,14-17,20-23,26H2,1H3,(H,50,61)(H,51,62)(H,53,54)(H,55,56)(H,57,58)(H,59,60)(H,63,64). The number of halogens is 1. The second-order valence-electron chi connectivity index (χ2n) is 15.6. The van der Waals surface area contributed by atoms with Gasteiger partial charge in [0.2, 0.25) is 0 Å². The van der Waals surface area contributed by atoms with Gasteiger partial charge < -0.3 is 50.0 Å². The van der Waals surface area contributed by atoms with E-state index in [-0.39, 0.29) is 93.8 Å². The van der Waals surface area contributed by atoms with Gasteiger partial charge in [0.1, 0.15) is 28.1 Å². The van der Waals surface area contributed by atoms with Gasteiger partial charge >= 0.3 is 31.5 Å². The number of nitrogens with zero attached hydrogens (tertiary/aromatic N) is 1. The molecule has 4 aromatic carbocycles. The van der Waals surface area contributed by atoms with E-state index in [4.69, 9.17) is 19.3 Å². The van der Waals surface area contributed by atoms with Crippen LogP contribution < -0.4 is 29.4 Å². The van der Waals surface area contributed by atoms with Crippen LogP contribution in [0.3, 0.4) is 0 Å². The molecule has 0 saturated carbocycles. The zero-order chi connectivity index (χ0) is 52.8. The number of carbonyl (C=O) groups is 6. The Labute approximate surface area is 414 Å². The van der Waals surface area contributed by atoms with Gasteiger partial charge in [-0.05, 0) is 108 Å². The molecule has 0 aliphatic carbocycles. The number of aliphatic carboxylic acids is 4. The summed E-state index contributed by atoms with van der Waals surface area (Å²) in [6.07, 6.45) is -2.43. The van der Waals surface area contributed by atoms with Crippen molar-refractivity contribution in [1.29, 1.82) is 5.26 Å². The lowest BCUT2D eigenvalue weighted by atomic mass is 9.98. The molecule has 0 radical (unpaired) electrons. The van der Waals surface area contributed by atoms with Gasteiger partial charge in [-0.3, -0.25) is 28.8 Å². The molecule has 0 aliphatic heterocycles. The van der Waals surface area contributed by atoms with Crippen molar-refractivity contribution >= 4 is 64.6 Å². The Morgan fingerprint density at radius 3 is 1.75 bits per heavy atom. The van der Waals surface area contributed by atoms with Gasteiger partial charge in [-0.1, -0.05) is 12.1 Å². The number of ether oxygens (including phenoxy) is 2. The number of carboxylic acids is 4. The first kappa shape index (κ1) is 55.2. The predicted octanol–water partition coefficient (Wildman–Crippen LogP) is 5.14. The fraction of sp³-hybridized carbons (Fsp3) is 0.255. The van der Waals surface area contributed by atoms with E-state index in [0.29, 0.717) is 22.1 Å². The summed E-state index contributed by atoms with van der Waals surface area (Å²) in [5, 5.41) is 51.4. The van der Waals surface area contributed by atoms with E-state index in [9.17, 15) is 71.5 Å². The van der Waals surface area contributed by atoms with E-state index in [1.165, 1.54) is 48.5 Å². The fourth-order valence-electron chi connectivity index (χ4n) is 6.88. The number of thiophene rings is 1. The van der Waals surface area contributed by atoms with Gasteiger partial charge in [0.05, 0.1) is 44.5 Å². The molecule has 5 rings (SSSR count). The van der Waals surface area contributed by atoms with E-state index < -0.39 is 96.8 Å². The van der Waals surface area contributed by atoms with Crippen LogP contribution in [0.2, 0.25) is 0 Å². The highest BCUT2D eigenvalue weighted by Gasteiger charge is 2.28. The maximum atomic E-state index is 14.0. The van der Waals surface area contributed by atoms with Crippen molar-refractivity contribution in [2.75, 3.05) is 32.6 Å². The third-order valence-corrected chi connectivity index (χ3v) is 14.5. The molecular formula is C47H46FN4O17PS2. The summed E-state index contributed by atoms with van der Waals surface area (Å²) in [7, 11) is -9.14. The molecule has 1 atom stereocenters. The molecule has 2 amide bonds. The molecule has 1 unspecified atom stereocenters. The second kappa shape index (κ2) is 24.9. The number of rotatable bonds is 27. The molecule has 21 nitrogen and oxygen atoms in total. The zero-order valence-electron chi connectivity index (χ0n) is 38.0. The number of carbonyl (C=O) groups excluding carboxylic acids is 2. The molecular weight excluding hydrogens is 1010 g/mol. The molecule has 8 N–H and O–H groups in total. The second-order valence-corrected chi connectivity index (χ2v) is 20.5. The number of carboxylic acid groups (broad SMARTS) is 4. The molecule has 0 spiro atoms. The van der Waals surface area contributed by atoms with Crippen LogP contribution in [0.25, 0.3) is 10.4 Å². The lowest BCUT2D eigenvalue weighted by Gasteiger charge is -2.18. The molecule has 0 bridgehead atoms. The molecule has 0 aliphatic rings. The van der Waals surface area contributed by atoms with Crippen LogP contribution in [0, 0.1) is 24.1 Å². The largest absolute Gasteiger partial charge is 0.490 e. The Kier molecular flexibility index (Phi) is 19.1. The maximum absolute atomic E-state index is 14.0. The fourth-order valence-corrected chi connectivity index (χ4v) is 10.8. The van der Waals surface area contributed by atoms with E-state index in [1.807, 2.05) is 4.72 Å². The Hall–Kier alpha value is -7.68. The Morgan fingerprint density at radius 1 is 0.708 bits per heavy atom. The molecule has 25 heteroatoms. The van der Waals surface area contributed by atoms with Crippen molar-refractivity contribution in [3.05, 3.63) is 129 Å². The quantitative estimate of drug-likeness (QED) is 0.0249. The number of nitrogens with one attached hydrogen (secondary N) is 3. The first-order valence-electron chi connectivity index (χ1n) is 21.4. The van der Waals surface area contributed by atoms with E-state index >= 15 is 0 Å². The minimum absolute atomic E-state index is 0.000309. The number of hydrogen-bond donors (Lipinski definition) is 8. The smallest absolute Gasteiger partial charge is 0.391 e. The molecule has 72 heavy (non-hydrogen) atoms. The van der Waals surface area contributed by atoms with Crippen molar-refractivity contribution in [1.82, 2.24) is 15.4 Å². The molecule has 0 saturated heterocycles. The first-order chi connectivity index (χ1) is 34.0. The highest BCUT2D eigenvalue weighted by Crippen LogP contribution is 2.43. The minimum Gasteiger partial charge on any atom is -0.490 e. The van der Waals surface area contributed by atoms with Crippen molar-refractivity contribution < 1.29 is 85.5 Å². The molecule has 5 aromatic rings. The molecule has 1 aromatic heterocycles. The van der Waals surface area contributed by atoms with Crippen molar-refractivity contribution in [3.8, 4) is 33.8 Å². The highest BCUT2D eigenvalue weighted by atomic mass is 32.2. The summed E-state index contributed by atoms with van der Waals surface area (Å²) in [5.74, 6) is -6.78. The normalized spacial score (nSPS) is 11.9. The van der Waals surface area contributed by atoms with Crippen LogP contribution in [0.5, 0.6) is 17.2 Å². The van der Waals surface area contributed by atoms with E-state index in [1.54, 1.807) is 25.1 Å². The van der Waals surface area contributed by atoms with Gasteiger partial charge in [0.25, 0.3) is 21.8 Å². The number of nitriles is 1. The SMILES string of the molecule is Cc1c(-c2ccc(S(=O)(=O)NCP(=O)(O)Oc3ccc(C#N)c(F)c3)s2)ccc(OCCCNC(=O)c2ccc(CC(=O)O)c(CC(=O)O)c2)c1OCCCNC(=O)c1ccc(CC(=O)O)c(CC(=O)O)c1. The number of amides is 2. The lowest BCUT2D eigenvalue weighted by molar-refractivity contribution is -0.137. The number of hydrogen-bond acceptors (Lipinski definition) is 14. The monoisotopic (exact) mass is 1050 g/mol. The van der Waals surface area contributed by atoms with Crippen LogP contribution in [-0.2, 0) is 59.4 Å². The Morgan fingerprint density at radius 2 is 1.24 bits per heavy atom. The minimum atomic E-state index is -4.72. The molecule has 0 fully saturated rings. The van der Waals surface area contributed by atoms with Crippen molar-refractivity contribution in [3.63, 3.8) is 0 Å². The predicted molar refractivity (Wildman–Crippen MR) is 254 cm³/mol. The van der Waals surface area contributed by atoms with Gasteiger partial charge in [0, 0.05) is 40.7 Å². The third-order valence-electron chi connectivity index (χ3n) is 10.3. The Bertz CT molecular complexity index is 3100. The number of benzene rings is 4. The summed E-state index contributed by atoms with van der Waals surface area (Å²) in [6, 6.07) is 18.6. The summed E-state index contributed by atoms with van der Waals surface area (Å²) < 4.78 is 72.4. The third kappa shape index (κ3) is 15.9. The van der Waals surface area contributed by atoms with E-state index in [0.717, 1.165) is 23.5 Å². The van der Waals surface area contributed by atoms with Gasteiger partial charge in [0.15, 0.2) is 11.5 Å². The van der Waals surface area contributed by atoms with Gasteiger partial charge in [-0.2, -0.15) is 9.98 Å². The van der Waals surface area contributed by atoms with Crippen molar-refractivity contribution in [2.45, 2.75) is 49.7 Å². The van der Waals surface area contributed by atoms with Gasteiger partial charge in [-0.15, -0.1) is 11.3 Å².